The van der Waals surface area contributed by atoms with E-state index in [4.69, 9.17) is 5.73 Å². The molecule has 1 heterocycles. The van der Waals surface area contributed by atoms with Crippen LogP contribution in [-0.2, 0) is 4.79 Å². The van der Waals surface area contributed by atoms with Crippen LogP contribution in [0.4, 0.5) is 0 Å². The predicted octanol–water partition coefficient (Wildman–Crippen LogP) is 0.754. The second-order valence-electron chi connectivity index (χ2n) is 4.88. The molecule has 0 aliphatic carbocycles. The SMILES string of the molecule is CNC[C@H]1CCN(C(=O)[C@@H](N)c2ccccc2)C1. The van der Waals surface area contributed by atoms with Crippen LogP contribution < -0.4 is 11.1 Å². The van der Waals surface area contributed by atoms with Crippen molar-refractivity contribution in [3.8, 4) is 0 Å². The molecule has 0 bridgehead atoms. The Bertz CT molecular complexity index is 393. The van der Waals surface area contributed by atoms with Crippen LogP contribution in [0.25, 0.3) is 0 Å². The fourth-order valence-corrected chi connectivity index (χ4v) is 2.49. The number of carbonyl (C=O) groups is 1. The van der Waals surface area contributed by atoms with Gasteiger partial charge in [0.15, 0.2) is 0 Å². The number of nitrogens with zero attached hydrogens (tertiary/aromatic N) is 1. The molecule has 0 aromatic heterocycles. The van der Waals surface area contributed by atoms with Gasteiger partial charge in [-0.25, -0.2) is 0 Å². The van der Waals surface area contributed by atoms with Gasteiger partial charge in [0.25, 0.3) is 0 Å². The summed E-state index contributed by atoms with van der Waals surface area (Å²) in [7, 11) is 1.94. The predicted molar refractivity (Wildman–Crippen MR) is 72.0 cm³/mol. The number of carbonyl (C=O) groups excluding carboxylic acids is 1. The Morgan fingerprint density at radius 3 is 2.89 bits per heavy atom. The summed E-state index contributed by atoms with van der Waals surface area (Å²) in [6, 6.07) is 9.04. The molecule has 1 saturated heterocycles. The molecule has 0 unspecified atom stereocenters. The van der Waals surface area contributed by atoms with Crippen LogP contribution in [0.2, 0.25) is 0 Å². The number of benzene rings is 1. The Balaban J connectivity index is 1.96. The van der Waals surface area contributed by atoms with Gasteiger partial charge >= 0.3 is 0 Å². The molecule has 18 heavy (non-hydrogen) atoms. The lowest BCUT2D eigenvalue weighted by Crippen LogP contribution is -2.37. The Morgan fingerprint density at radius 1 is 1.50 bits per heavy atom. The Morgan fingerprint density at radius 2 is 2.22 bits per heavy atom. The smallest absolute Gasteiger partial charge is 0.244 e. The Kier molecular flexibility index (Phi) is 4.33. The van der Waals surface area contributed by atoms with Gasteiger partial charge < -0.3 is 16.0 Å². The highest BCUT2D eigenvalue weighted by Crippen LogP contribution is 2.20. The van der Waals surface area contributed by atoms with Crippen LogP contribution in [0.3, 0.4) is 0 Å². The lowest BCUT2D eigenvalue weighted by molar-refractivity contribution is -0.131. The van der Waals surface area contributed by atoms with Gasteiger partial charge in [0, 0.05) is 13.1 Å². The molecule has 0 radical (unpaired) electrons. The van der Waals surface area contributed by atoms with Gasteiger partial charge in [0.2, 0.25) is 5.91 Å². The minimum Gasteiger partial charge on any atom is -0.341 e. The van der Waals surface area contributed by atoms with Gasteiger partial charge in [-0.1, -0.05) is 30.3 Å². The van der Waals surface area contributed by atoms with Crippen LogP contribution >= 0.6 is 0 Å². The van der Waals surface area contributed by atoms with E-state index < -0.39 is 6.04 Å². The summed E-state index contributed by atoms with van der Waals surface area (Å²) < 4.78 is 0. The Hall–Kier alpha value is -1.39. The molecule has 2 atom stereocenters. The maximum atomic E-state index is 12.3. The normalized spacial score (nSPS) is 21.0. The van der Waals surface area contributed by atoms with E-state index in [9.17, 15) is 4.79 Å². The molecule has 98 valence electrons. The van der Waals surface area contributed by atoms with Gasteiger partial charge in [-0.05, 0) is 31.5 Å². The molecule has 0 saturated carbocycles. The fraction of sp³-hybridized carbons (Fsp3) is 0.500. The number of nitrogens with two attached hydrogens (primary N) is 1. The zero-order valence-electron chi connectivity index (χ0n) is 10.8. The van der Waals surface area contributed by atoms with E-state index >= 15 is 0 Å². The summed E-state index contributed by atoms with van der Waals surface area (Å²) in [5, 5.41) is 3.16. The van der Waals surface area contributed by atoms with Crippen LogP contribution in [0.15, 0.2) is 30.3 Å². The van der Waals surface area contributed by atoms with Crippen molar-refractivity contribution in [1.82, 2.24) is 10.2 Å². The second-order valence-corrected chi connectivity index (χ2v) is 4.88. The van der Waals surface area contributed by atoms with E-state index in [0.717, 1.165) is 31.6 Å². The third kappa shape index (κ3) is 2.89. The van der Waals surface area contributed by atoms with Crippen LogP contribution in [0.1, 0.15) is 18.0 Å². The summed E-state index contributed by atoms with van der Waals surface area (Å²) >= 11 is 0. The first kappa shape index (κ1) is 13.1. The second kappa shape index (κ2) is 5.98. The lowest BCUT2D eigenvalue weighted by Gasteiger charge is -2.21. The number of hydrogen-bond acceptors (Lipinski definition) is 3. The molecular weight excluding hydrogens is 226 g/mol. The summed E-state index contributed by atoms with van der Waals surface area (Å²) in [6.45, 7) is 2.61. The summed E-state index contributed by atoms with van der Waals surface area (Å²) in [6.07, 6.45) is 1.06. The first-order chi connectivity index (χ1) is 8.72. The van der Waals surface area contributed by atoms with Crippen molar-refractivity contribution in [3.63, 3.8) is 0 Å². The minimum absolute atomic E-state index is 0.0415. The molecule has 3 N–H and O–H groups in total. The number of amides is 1. The highest BCUT2D eigenvalue weighted by atomic mass is 16.2. The van der Waals surface area contributed by atoms with E-state index in [0.29, 0.717) is 5.92 Å². The van der Waals surface area contributed by atoms with E-state index in [1.807, 2.05) is 42.3 Å². The molecular formula is C14H21N3O. The first-order valence-corrected chi connectivity index (χ1v) is 6.46. The van der Waals surface area contributed by atoms with Crippen molar-refractivity contribution in [1.29, 1.82) is 0 Å². The largest absolute Gasteiger partial charge is 0.341 e. The molecule has 1 amide bonds. The standard InChI is InChI=1S/C14H21N3O/c1-16-9-11-7-8-17(10-11)14(18)13(15)12-5-3-2-4-6-12/h2-6,11,13,16H,7-10,15H2,1H3/t11-,13+/m1/s1. The van der Waals surface area contributed by atoms with Crippen molar-refractivity contribution < 1.29 is 4.79 Å². The molecule has 4 heteroatoms. The number of nitrogens with one attached hydrogen (secondary N) is 1. The van der Waals surface area contributed by atoms with Crippen molar-refractivity contribution in [2.75, 3.05) is 26.7 Å². The van der Waals surface area contributed by atoms with Gasteiger partial charge in [-0.2, -0.15) is 0 Å². The van der Waals surface area contributed by atoms with Crippen LogP contribution in [-0.4, -0.2) is 37.5 Å². The van der Waals surface area contributed by atoms with Gasteiger partial charge in [-0.3, -0.25) is 4.79 Å². The maximum absolute atomic E-state index is 12.3. The third-order valence-electron chi connectivity index (χ3n) is 3.52. The highest BCUT2D eigenvalue weighted by molar-refractivity contribution is 5.83. The van der Waals surface area contributed by atoms with E-state index in [1.165, 1.54) is 0 Å². The minimum atomic E-state index is -0.528. The lowest BCUT2D eigenvalue weighted by atomic mass is 10.1. The summed E-state index contributed by atoms with van der Waals surface area (Å²) in [5.41, 5.74) is 6.92. The van der Waals surface area contributed by atoms with Crippen molar-refractivity contribution in [2.45, 2.75) is 12.5 Å². The highest BCUT2D eigenvalue weighted by Gasteiger charge is 2.29. The van der Waals surface area contributed by atoms with Crippen LogP contribution in [0, 0.1) is 5.92 Å². The number of rotatable bonds is 4. The van der Waals surface area contributed by atoms with E-state index in [-0.39, 0.29) is 5.91 Å². The van der Waals surface area contributed by atoms with E-state index in [1.54, 1.807) is 0 Å². The van der Waals surface area contributed by atoms with Crippen molar-refractivity contribution in [3.05, 3.63) is 35.9 Å². The van der Waals surface area contributed by atoms with Crippen LogP contribution in [0.5, 0.6) is 0 Å². The molecule has 1 aromatic rings. The van der Waals surface area contributed by atoms with Gasteiger partial charge in [0.05, 0.1) is 0 Å². The average Bonchev–Trinajstić information content (AvgIpc) is 2.87. The van der Waals surface area contributed by atoms with E-state index in [2.05, 4.69) is 5.32 Å². The number of hydrogen-bond donors (Lipinski definition) is 2. The molecule has 1 aliphatic rings. The third-order valence-corrected chi connectivity index (χ3v) is 3.52. The molecule has 1 aromatic carbocycles. The van der Waals surface area contributed by atoms with Gasteiger partial charge in [-0.15, -0.1) is 0 Å². The summed E-state index contributed by atoms with van der Waals surface area (Å²) in [5.74, 6) is 0.599. The van der Waals surface area contributed by atoms with Crippen molar-refractivity contribution in [2.24, 2.45) is 11.7 Å². The fourth-order valence-electron chi connectivity index (χ4n) is 2.49. The molecule has 2 rings (SSSR count). The maximum Gasteiger partial charge on any atom is 0.244 e. The topological polar surface area (TPSA) is 58.4 Å². The Labute approximate surface area is 108 Å². The quantitative estimate of drug-likeness (QED) is 0.825. The average molecular weight is 247 g/mol. The van der Waals surface area contributed by atoms with Gasteiger partial charge in [0.1, 0.15) is 6.04 Å². The van der Waals surface area contributed by atoms with Crippen molar-refractivity contribution >= 4 is 5.91 Å². The zero-order chi connectivity index (χ0) is 13.0. The molecule has 1 fully saturated rings. The summed E-state index contributed by atoms with van der Waals surface area (Å²) in [4.78, 5) is 14.2. The zero-order valence-corrected chi connectivity index (χ0v) is 10.8. The molecule has 1 aliphatic heterocycles. The number of likely N-dealkylation sites (tertiary alicyclic amines) is 1. The molecule has 0 spiro atoms. The monoisotopic (exact) mass is 247 g/mol. The first-order valence-electron chi connectivity index (χ1n) is 6.46. The molecule has 4 nitrogen and oxygen atoms in total.